The van der Waals surface area contributed by atoms with Gasteiger partial charge in [-0.25, -0.2) is 0 Å². The molecule has 0 unspecified atom stereocenters. The van der Waals surface area contributed by atoms with Crippen molar-refractivity contribution in [3.63, 3.8) is 0 Å². The molecule has 1 atom stereocenters. The summed E-state index contributed by atoms with van der Waals surface area (Å²) in [4.78, 5) is 38.5. The maximum Gasteiger partial charge on any atom is 0.242 e. The minimum atomic E-state index is -0.526. The van der Waals surface area contributed by atoms with E-state index >= 15 is 0 Å². The predicted molar refractivity (Wildman–Crippen MR) is 111 cm³/mol. The van der Waals surface area contributed by atoms with Gasteiger partial charge < -0.3 is 15.6 Å². The van der Waals surface area contributed by atoms with E-state index in [1.165, 1.54) is 6.92 Å². The molecule has 28 heavy (non-hydrogen) atoms. The third kappa shape index (κ3) is 6.83. The topological polar surface area (TPSA) is 91.1 Å². The highest BCUT2D eigenvalue weighted by Gasteiger charge is 2.18. The maximum absolute atomic E-state index is 12.5. The largest absolute Gasteiger partial charge is 0.361 e. The quantitative estimate of drug-likeness (QED) is 0.490. The first-order chi connectivity index (χ1) is 13.5. The zero-order valence-corrected chi connectivity index (χ0v) is 16.8. The number of ketones is 1. The van der Waals surface area contributed by atoms with Crippen LogP contribution in [-0.2, 0) is 20.8 Å². The molecule has 0 bridgehead atoms. The highest BCUT2D eigenvalue weighted by Crippen LogP contribution is 2.17. The lowest BCUT2D eigenvalue weighted by atomic mass is 10.0. The standard InChI is InChI=1S/C22H31N3O3/c1-3-18(27)9-5-4-6-12-21(25-16(2)26)22(28)23-14-13-17-15-24-20-11-8-7-10-19(17)20/h7-8,10-11,15,21,24H,3-6,9,12-14H2,1-2H3,(H,23,28)(H,25,26)/t21-/m0/s1. The van der Waals surface area contributed by atoms with Crippen molar-refractivity contribution in [2.75, 3.05) is 6.54 Å². The van der Waals surface area contributed by atoms with Gasteiger partial charge in [-0.15, -0.1) is 0 Å². The van der Waals surface area contributed by atoms with E-state index < -0.39 is 6.04 Å². The first kappa shape index (κ1) is 21.7. The Bertz CT molecular complexity index is 797. The van der Waals surface area contributed by atoms with Gasteiger partial charge in [0.2, 0.25) is 11.8 Å². The summed E-state index contributed by atoms with van der Waals surface area (Å²) in [5.41, 5.74) is 2.24. The van der Waals surface area contributed by atoms with Crippen LogP contribution in [0.25, 0.3) is 10.9 Å². The van der Waals surface area contributed by atoms with Crippen molar-refractivity contribution in [3.05, 3.63) is 36.0 Å². The molecule has 0 aliphatic carbocycles. The molecule has 0 aliphatic rings. The van der Waals surface area contributed by atoms with Crippen LogP contribution in [0.5, 0.6) is 0 Å². The molecule has 0 saturated heterocycles. The Kier molecular flexibility index (Phi) is 8.72. The number of para-hydroxylation sites is 1. The Labute approximate surface area is 166 Å². The number of carbonyl (C=O) groups is 3. The van der Waals surface area contributed by atoms with Crippen LogP contribution in [0.1, 0.15) is 57.9 Å². The number of carbonyl (C=O) groups excluding carboxylic acids is 3. The molecular weight excluding hydrogens is 354 g/mol. The van der Waals surface area contributed by atoms with Crippen molar-refractivity contribution in [1.82, 2.24) is 15.6 Å². The van der Waals surface area contributed by atoms with Crippen LogP contribution in [0.3, 0.4) is 0 Å². The first-order valence-corrected chi connectivity index (χ1v) is 10.1. The molecule has 0 saturated carbocycles. The van der Waals surface area contributed by atoms with E-state index in [0.29, 0.717) is 25.8 Å². The molecule has 1 aromatic heterocycles. The number of aromatic amines is 1. The van der Waals surface area contributed by atoms with Gasteiger partial charge in [0.1, 0.15) is 11.8 Å². The molecule has 3 N–H and O–H groups in total. The fourth-order valence-corrected chi connectivity index (χ4v) is 3.32. The number of aromatic nitrogens is 1. The summed E-state index contributed by atoms with van der Waals surface area (Å²) in [6, 6.07) is 7.55. The monoisotopic (exact) mass is 385 g/mol. The molecule has 0 radical (unpaired) electrons. The molecule has 0 spiro atoms. The number of H-pyrrole nitrogens is 1. The maximum atomic E-state index is 12.5. The van der Waals surface area contributed by atoms with Gasteiger partial charge in [0.15, 0.2) is 0 Å². The van der Waals surface area contributed by atoms with Crippen LogP contribution < -0.4 is 10.6 Å². The summed E-state index contributed by atoms with van der Waals surface area (Å²) in [5.74, 6) is -0.0916. The first-order valence-electron chi connectivity index (χ1n) is 10.1. The van der Waals surface area contributed by atoms with Crippen molar-refractivity contribution in [2.45, 2.75) is 64.8 Å². The number of hydrogen-bond acceptors (Lipinski definition) is 3. The smallest absolute Gasteiger partial charge is 0.242 e. The lowest BCUT2D eigenvalue weighted by Crippen LogP contribution is -2.46. The Hall–Kier alpha value is -2.63. The number of Topliss-reactive ketones (excluding diaryl/α,β-unsaturated/α-hetero) is 1. The van der Waals surface area contributed by atoms with Gasteiger partial charge in [0.05, 0.1) is 0 Å². The highest BCUT2D eigenvalue weighted by atomic mass is 16.2. The van der Waals surface area contributed by atoms with Crippen molar-refractivity contribution >= 4 is 28.5 Å². The average molecular weight is 386 g/mol. The Balaban J connectivity index is 1.78. The summed E-state index contributed by atoms with van der Waals surface area (Å²) < 4.78 is 0. The van der Waals surface area contributed by atoms with Crippen molar-refractivity contribution in [3.8, 4) is 0 Å². The van der Waals surface area contributed by atoms with Crippen LogP contribution in [0.4, 0.5) is 0 Å². The number of hydrogen-bond donors (Lipinski definition) is 3. The highest BCUT2D eigenvalue weighted by molar-refractivity contribution is 5.87. The number of nitrogens with one attached hydrogen (secondary N) is 3. The van der Waals surface area contributed by atoms with Gasteiger partial charge in [-0.1, -0.05) is 38.0 Å². The summed E-state index contributed by atoms with van der Waals surface area (Å²) in [7, 11) is 0. The lowest BCUT2D eigenvalue weighted by molar-refractivity contribution is -0.128. The van der Waals surface area contributed by atoms with Gasteiger partial charge in [-0.2, -0.15) is 0 Å². The molecule has 0 fully saturated rings. The summed E-state index contributed by atoms with van der Waals surface area (Å²) in [6.07, 6.45) is 6.97. The van der Waals surface area contributed by atoms with Gasteiger partial charge >= 0.3 is 0 Å². The molecule has 6 heteroatoms. The van der Waals surface area contributed by atoms with E-state index in [0.717, 1.165) is 42.1 Å². The second-order valence-corrected chi connectivity index (χ2v) is 7.15. The van der Waals surface area contributed by atoms with Gasteiger partial charge in [0.25, 0.3) is 0 Å². The molecule has 2 aromatic rings. The zero-order valence-electron chi connectivity index (χ0n) is 16.8. The van der Waals surface area contributed by atoms with E-state index in [2.05, 4.69) is 21.7 Å². The molecule has 2 rings (SSSR count). The van der Waals surface area contributed by atoms with E-state index in [4.69, 9.17) is 0 Å². The summed E-state index contributed by atoms with van der Waals surface area (Å²) in [5, 5.41) is 6.84. The third-order valence-corrected chi connectivity index (χ3v) is 4.91. The van der Waals surface area contributed by atoms with Crippen LogP contribution >= 0.6 is 0 Å². The van der Waals surface area contributed by atoms with Gasteiger partial charge in [0, 0.05) is 43.4 Å². The second-order valence-electron chi connectivity index (χ2n) is 7.15. The molecule has 2 amide bonds. The molecule has 1 aromatic carbocycles. The number of amides is 2. The summed E-state index contributed by atoms with van der Waals surface area (Å²) in [6.45, 7) is 3.81. The molecule has 6 nitrogen and oxygen atoms in total. The van der Waals surface area contributed by atoms with Crippen LogP contribution in [-0.4, -0.2) is 35.2 Å². The van der Waals surface area contributed by atoms with Crippen molar-refractivity contribution in [2.24, 2.45) is 0 Å². The third-order valence-electron chi connectivity index (χ3n) is 4.91. The van der Waals surface area contributed by atoms with E-state index in [1.807, 2.05) is 31.3 Å². The Morgan fingerprint density at radius 2 is 1.89 bits per heavy atom. The average Bonchev–Trinajstić information content (AvgIpc) is 3.09. The van der Waals surface area contributed by atoms with Crippen LogP contribution in [0.15, 0.2) is 30.5 Å². The minimum Gasteiger partial charge on any atom is -0.361 e. The number of unbranched alkanes of at least 4 members (excludes halogenated alkanes) is 2. The van der Waals surface area contributed by atoms with Crippen molar-refractivity contribution in [1.29, 1.82) is 0 Å². The SMILES string of the molecule is CCC(=O)CCCCC[C@H](NC(C)=O)C(=O)NCCc1c[nH]c2ccccc12. The van der Waals surface area contributed by atoms with Crippen LogP contribution in [0.2, 0.25) is 0 Å². The van der Waals surface area contributed by atoms with E-state index in [-0.39, 0.29) is 17.6 Å². The Morgan fingerprint density at radius 1 is 1.11 bits per heavy atom. The predicted octanol–water partition coefficient (Wildman–Crippen LogP) is 3.26. The molecule has 1 heterocycles. The Morgan fingerprint density at radius 3 is 2.64 bits per heavy atom. The fraction of sp³-hybridized carbons (Fsp3) is 0.500. The minimum absolute atomic E-state index is 0.153. The normalized spacial score (nSPS) is 11.9. The summed E-state index contributed by atoms with van der Waals surface area (Å²) >= 11 is 0. The van der Waals surface area contributed by atoms with E-state index in [9.17, 15) is 14.4 Å². The lowest BCUT2D eigenvalue weighted by Gasteiger charge is -2.17. The second kappa shape index (κ2) is 11.3. The number of rotatable bonds is 12. The van der Waals surface area contributed by atoms with Crippen LogP contribution in [0, 0.1) is 0 Å². The number of benzene rings is 1. The fourth-order valence-electron chi connectivity index (χ4n) is 3.32. The molecule has 152 valence electrons. The van der Waals surface area contributed by atoms with E-state index in [1.54, 1.807) is 0 Å². The zero-order chi connectivity index (χ0) is 20.4. The van der Waals surface area contributed by atoms with Crippen molar-refractivity contribution < 1.29 is 14.4 Å². The molecule has 0 aliphatic heterocycles. The van der Waals surface area contributed by atoms with Gasteiger partial charge in [-0.3, -0.25) is 14.4 Å². The molecular formula is C22H31N3O3. The number of fused-ring (bicyclic) bond motifs is 1. The van der Waals surface area contributed by atoms with Gasteiger partial charge in [-0.05, 0) is 30.9 Å².